The Labute approximate surface area is 162 Å². The predicted molar refractivity (Wildman–Crippen MR) is 109 cm³/mol. The van der Waals surface area contributed by atoms with E-state index in [0.29, 0.717) is 16.2 Å². The minimum absolute atomic E-state index is 0.276. The van der Waals surface area contributed by atoms with Crippen molar-refractivity contribution in [1.82, 2.24) is 0 Å². The van der Waals surface area contributed by atoms with Gasteiger partial charge < -0.3 is 0 Å². The van der Waals surface area contributed by atoms with Crippen LogP contribution in [0.1, 0.15) is 11.1 Å². The third kappa shape index (κ3) is 3.20. The average molecular weight is 371 g/mol. The smallest absolute Gasteiger partial charge is 0.268 e. The summed E-state index contributed by atoms with van der Waals surface area (Å²) in [6.07, 6.45) is 0. The number of nitrogens with zero attached hydrogens (tertiary/aromatic N) is 1. The average Bonchev–Trinajstić information content (AvgIpc) is 2.94. The van der Waals surface area contributed by atoms with Gasteiger partial charge in [-0.2, -0.15) is 0 Å². The molecule has 132 valence electrons. The number of carbonyl (C=O) groups excluding carboxylic acids is 2. The van der Waals surface area contributed by atoms with Gasteiger partial charge >= 0.3 is 0 Å². The third-order valence-electron chi connectivity index (χ3n) is 4.42. The summed E-state index contributed by atoms with van der Waals surface area (Å²) in [5.74, 6) is -0.555. The summed E-state index contributed by atoms with van der Waals surface area (Å²) in [4.78, 5) is 29.3. The fourth-order valence-corrected chi connectivity index (χ4v) is 4.12. The first-order valence-electron chi connectivity index (χ1n) is 8.64. The van der Waals surface area contributed by atoms with Gasteiger partial charge in [-0.3, -0.25) is 9.59 Å². The molecule has 3 aromatic carbocycles. The standard InChI is InChI=1S/C23H17NO2S/c1-16-10-8-9-15-19(16)24-22(25)20(17-11-4-2-5-12-17)21(23(24)26)27-18-13-6-3-7-14-18/h2-15H,1H3. The van der Waals surface area contributed by atoms with Crippen molar-refractivity contribution in [2.75, 3.05) is 4.90 Å². The molecule has 0 spiro atoms. The molecule has 0 unspecified atom stereocenters. The van der Waals surface area contributed by atoms with E-state index in [9.17, 15) is 9.59 Å². The molecule has 0 bridgehead atoms. The zero-order valence-corrected chi connectivity index (χ0v) is 15.6. The number of thioether (sulfide) groups is 1. The molecule has 1 aliphatic heterocycles. The minimum Gasteiger partial charge on any atom is -0.268 e. The molecule has 4 rings (SSSR count). The highest BCUT2D eigenvalue weighted by Gasteiger charge is 2.40. The van der Waals surface area contributed by atoms with Crippen LogP contribution in [0.2, 0.25) is 0 Å². The summed E-state index contributed by atoms with van der Waals surface area (Å²) in [5, 5.41) is 0. The molecule has 0 N–H and O–H groups in total. The van der Waals surface area contributed by atoms with E-state index in [0.717, 1.165) is 16.0 Å². The molecule has 0 saturated heterocycles. The van der Waals surface area contributed by atoms with E-state index in [-0.39, 0.29) is 11.8 Å². The second-order valence-corrected chi connectivity index (χ2v) is 7.30. The molecule has 2 amide bonds. The Morgan fingerprint density at radius 2 is 1.30 bits per heavy atom. The molecule has 1 heterocycles. The molecule has 0 atom stereocenters. The van der Waals surface area contributed by atoms with Crippen molar-refractivity contribution in [2.24, 2.45) is 0 Å². The van der Waals surface area contributed by atoms with Crippen LogP contribution in [0, 0.1) is 6.92 Å². The van der Waals surface area contributed by atoms with Gasteiger partial charge in [0.05, 0.1) is 16.2 Å². The molecule has 3 nitrogen and oxygen atoms in total. The van der Waals surface area contributed by atoms with Crippen molar-refractivity contribution in [3.8, 4) is 0 Å². The number of hydrogen-bond acceptors (Lipinski definition) is 3. The van der Waals surface area contributed by atoms with Gasteiger partial charge in [0.25, 0.3) is 11.8 Å². The van der Waals surface area contributed by atoms with Crippen molar-refractivity contribution >= 4 is 34.8 Å². The van der Waals surface area contributed by atoms with Crippen LogP contribution in [-0.4, -0.2) is 11.8 Å². The fraction of sp³-hybridized carbons (Fsp3) is 0.0435. The lowest BCUT2D eigenvalue weighted by atomic mass is 10.1. The van der Waals surface area contributed by atoms with Crippen LogP contribution in [0.5, 0.6) is 0 Å². The number of carbonyl (C=O) groups is 2. The normalized spacial score (nSPS) is 14.2. The van der Waals surface area contributed by atoms with Gasteiger partial charge in [-0.15, -0.1) is 0 Å². The van der Waals surface area contributed by atoms with Crippen molar-refractivity contribution in [2.45, 2.75) is 11.8 Å². The first-order valence-corrected chi connectivity index (χ1v) is 9.45. The molecule has 0 aromatic heterocycles. The number of anilines is 1. The lowest BCUT2D eigenvalue weighted by molar-refractivity contribution is -0.119. The van der Waals surface area contributed by atoms with Crippen LogP contribution in [0.3, 0.4) is 0 Å². The van der Waals surface area contributed by atoms with E-state index < -0.39 is 0 Å². The van der Waals surface area contributed by atoms with Crippen molar-refractivity contribution in [3.05, 3.63) is 101 Å². The highest BCUT2D eigenvalue weighted by atomic mass is 32.2. The summed E-state index contributed by atoms with van der Waals surface area (Å²) in [7, 11) is 0. The molecule has 4 heteroatoms. The highest BCUT2D eigenvalue weighted by Crippen LogP contribution is 2.41. The lowest BCUT2D eigenvalue weighted by Gasteiger charge is -2.17. The topological polar surface area (TPSA) is 37.4 Å². The van der Waals surface area contributed by atoms with Gasteiger partial charge in [0.1, 0.15) is 0 Å². The van der Waals surface area contributed by atoms with Gasteiger partial charge in [0.2, 0.25) is 0 Å². The Morgan fingerprint density at radius 1 is 0.704 bits per heavy atom. The van der Waals surface area contributed by atoms with Gasteiger partial charge in [-0.05, 0) is 36.2 Å². The van der Waals surface area contributed by atoms with Crippen LogP contribution in [0.4, 0.5) is 5.69 Å². The Morgan fingerprint density at radius 3 is 1.96 bits per heavy atom. The molecule has 0 radical (unpaired) electrons. The molecule has 1 aliphatic rings. The zero-order chi connectivity index (χ0) is 18.8. The molecule has 27 heavy (non-hydrogen) atoms. The van der Waals surface area contributed by atoms with Gasteiger partial charge in [-0.25, -0.2) is 4.90 Å². The molecular formula is C23H17NO2S. The SMILES string of the molecule is Cc1ccccc1N1C(=O)C(Sc2ccccc2)=C(c2ccccc2)C1=O. The van der Waals surface area contributed by atoms with E-state index in [2.05, 4.69) is 0 Å². The minimum atomic E-state index is -0.279. The summed E-state index contributed by atoms with van der Waals surface area (Å²) < 4.78 is 0. The summed E-state index contributed by atoms with van der Waals surface area (Å²) >= 11 is 1.34. The van der Waals surface area contributed by atoms with Gasteiger partial charge in [0.15, 0.2) is 0 Å². The summed E-state index contributed by atoms with van der Waals surface area (Å²) in [6.45, 7) is 1.90. The maximum atomic E-state index is 13.3. The monoisotopic (exact) mass is 371 g/mol. The number of imide groups is 1. The second-order valence-electron chi connectivity index (χ2n) is 6.22. The van der Waals surface area contributed by atoms with Crippen molar-refractivity contribution in [3.63, 3.8) is 0 Å². The molecule has 3 aromatic rings. The number of hydrogen-bond donors (Lipinski definition) is 0. The largest absolute Gasteiger partial charge is 0.272 e. The van der Waals surface area contributed by atoms with Crippen LogP contribution >= 0.6 is 11.8 Å². The van der Waals surface area contributed by atoms with E-state index in [1.165, 1.54) is 16.7 Å². The first-order chi connectivity index (χ1) is 13.2. The van der Waals surface area contributed by atoms with Gasteiger partial charge in [0, 0.05) is 4.90 Å². The first kappa shape index (κ1) is 17.3. The fourth-order valence-electron chi connectivity index (χ4n) is 3.10. The number of rotatable bonds is 4. The Bertz CT molecular complexity index is 1040. The van der Waals surface area contributed by atoms with E-state index in [1.807, 2.05) is 91.9 Å². The Kier molecular flexibility index (Phi) is 4.65. The third-order valence-corrected chi connectivity index (χ3v) is 5.51. The molecule has 0 saturated carbocycles. The maximum Gasteiger partial charge on any atom is 0.272 e. The lowest BCUT2D eigenvalue weighted by Crippen LogP contribution is -2.31. The van der Waals surface area contributed by atoms with Crippen LogP contribution in [0.15, 0.2) is 94.7 Å². The van der Waals surface area contributed by atoms with Crippen molar-refractivity contribution in [1.29, 1.82) is 0 Å². The maximum absolute atomic E-state index is 13.3. The molecule has 0 aliphatic carbocycles. The van der Waals surface area contributed by atoms with E-state index >= 15 is 0 Å². The zero-order valence-electron chi connectivity index (χ0n) is 14.8. The predicted octanol–water partition coefficient (Wildman–Crippen LogP) is 5.07. The van der Waals surface area contributed by atoms with Gasteiger partial charge in [-0.1, -0.05) is 78.5 Å². The number of aryl methyl sites for hydroxylation is 1. The summed E-state index contributed by atoms with van der Waals surface area (Å²) in [6, 6.07) is 26.5. The van der Waals surface area contributed by atoms with Crippen LogP contribution < -0.4 is 4.90 Å². The number of benzene rings is 3. The van der Waals surface area contributed by atoms with Crippen LogP contribution in [0.25, 0.3) is 5.57 Å². The van der Waals surface area contributed by atoms with E-state index in [4.69, 9.17) is 0 Å². The number of amides is 2. The quantitative estimate of drug-likeness (QED) is 0.601. The Hall–Kier alpha value is -3.11. The number of para-hydroxylation sites is 1. The summed E-state index contributed by atoms with van der Waals surface area (Å²) in [5.41, 5.74) is 2.73. The van der Waals surface area contributed by atoms with E-state index in [1.54, 1.807) is 0 Å². The van der Waals surface area contributed by atoms with Crippen LogP contribution in [-0.2, 0) is 9.59 Å². The van der Waals surface area contributed by atoms with Crippen molar-refractivity contribution < 1.29 is 9.59 Å². The second kappa shape index (κ2) is 7.25. The molecular weight excluding hydrogens is 354 g/mol. The molecule has 0 fully saturated rings. The Balaban J connectivity index is 1.84. The highest BCUT2D eigenvalue weighted by molar-refractivity contribution is 8.04.